The first-order valence-corrected chi connectivity index (χ1v) is 7.06. The molecule has 4 nitrogen and oxygen atoms in total. The smallest absolute Gasteiger partial charge is 0.113 e. The third kappa shape index (κ3) is 2.52. The first kappa shape index (κ1) is 13.4. The van der Waals surface area contributed by atoms with Gasteiger partial charge in [0.25, 0.3) is 0 Å². The van der Waals surface area contributed by atoms with Gasteiger partial charge in [0, 0.05) is 5.69 Å². The Labute approximate surface area is 123 Å². The molecule has 1 unspecified atom stereocenters. The van der Waals surface area contributed by atoms with E-state index in [1.807, 2.05) is 53.2 Å². The summed E-state index contributed by atoms with van der Waals surface area (Å²) in [6, 6.07) is 16.0. The van der Waals surface area contributed by atoms with Crippen LogP contribution in [0.15, 0.2) is 61.2 Å². The average molecular weight is 278 g/mol. The van der Waals surface area contributed by atoms with E-state index >= 15 is 0 Å². The molecular weight excluding hydrogens is 260 g/mol. The number of rotatable bonds is 5. The number of hydrogen-bond acceptors (Lipinski definition) is 3. The van der Waals surface area contributed by atoms with Crippen LogP contribution in [-0.4, -0.2) is 15.0 Å². The summed E-state index contributed by atoms with van der Waals surface area (Å²) in [6.45, 7) is 3.82. The van der Waals surface area contributed by atoms with Gasteiger partial charge in [0.2, 0.25) is 0 Å². The Kier molecular flexibility index (Phi) is 3.69. The first-order valence-electron chi connectivity index (χ1n) is 7.06. The van der Waals surface area contributed by atoms with E-state index in [1.54, 1.807) is 0 Å². The number of hydrogen-bond donors (Lipinski definition) is 1. The Morgan fingerprint density at radius 2 is 1.90 bits per heavy atom. The molecule has 4 heteroatoms. The van der Waals surface area contributed by atoms with Crippen molar-refractivity contribution in [1.29, 1.82) is 0 Å². The van der Waals surface area contributed by atoms with Gasteiger partial charge in [-0.3, -0.25) is 0 Å². The van der Waals surface area contributed by atoms with E-state index < -0.39 is 0 Å². The minimum absolute atomic E-state index is 0.0663. The van der Waals surface area contributed by atoms with Crippen molar-refractivity contribution in [2.45, 2.75) is 18.9 Å². The van der Waals surface area contributed by atoms with Crippen LogP contribution in [0.1, 0.15) is 24.4 Å². The number of aromatic nitrogens is 3. The summed E-state index contributed by atoms with van der Waals surface area (Å²) in [5.74, 6) is 0. The first-order chi connectivity index (χ1) is 10.3. The largest absolute Gasteiger partial charge is 0.398 e. The molecule has 0 saturated carbocycles. The zero-order valence-electron chi connectivity index (χ0n) is 11.8. The molecule has 2 N–H and O–H groups in total. The fraction of sp³-hybridized carbons (Fsp3) is 0.176. The predicted molar refractivity (Wildman–Crippen MR) is 86.0 cm³/mol. The molecule has 0 amide bonds. The fourth-order valence-electron chi connectivity index (χ4n) is 2.62. The second-order valence-corrected chi connectivity index (χ2v) is 5.03. The van der Waals surface area contributed by atoms with E-state index in [1.165, 1.54) is 0 Å². The summed E-state index contributed by atoms with van der Waals surface area (Å²) >= 11 is 0. The minimum atomic E-state index is 0.0663. The lowest BCUT2D eigenvalue weighted by Gasteiger charge is -2.19. The van der Waals surface area contributed by atoms with Gasteiger partial charge >= 0.3 is 0 Å². The zero-order valence-corrected chi connectivity index (χ0v) is 11.8. The Morgan fingerprint density at radius 1 is 1.14 bits per heavy atom. The summed E-state index contributed by atoms with van der Waals surface area (Å²) in [4.78, 5) is 0. The highest BCUT2D eigenvalue weighted by molar-refractivity contribution is 5.74. The highest BCUT2D eigenvalue weighted by Crippen LogP contribution is 2.30. The number of para-hydroxylation sites is 2. The molecule has 1 aromatic heterocycles. The van der Waals surface area contributed by atoms with Crippen molar-refractivity contribution in [3.8, 4) is 0 Å². The lowest BCUT2D eigenvalue weighted by Crippen LogP contribution is -2.14. The molecule has 0 aliphatic rings. The van der Waals surface area contributed by atoms with Crippen LogP contribution in [0, 0.1) is 0 Å². The molecule has 1 heterocycles. The van der Waals surface area contributed by atoms with E-state index in [-0.39, 0.29) is 6.04 Å². The Morgan fingerprint density at radius 3 is 2.71 bits per heavy atom. The van der Waals surface area contributed by atoms with Crippen molar-refractivity contribution >= 4 is 16.7 Å². The number of anilines is 1. The van der Waals surface area contributed by atoms with E-state index in [0.717, 1.165) is 35.1 Å². The van der Waals surface area contributed by atoms with Crippen LogP contribution in [0.2, 0.25) is 0 Å². The maximum atomic E-state index is 6.16. The molecule has 3 aromatic rings. The molecule has 0 aliphatic carbocycles. The summed E-state index contributed by atoms with van der Waals surface area (Å²) in [5.41, 5.74) is 9.94. The lowest BCUT2D eigenvalue weighted by molar-refractivity contribution is 0.494. The van der Waals surface area contributed by atoms with Crippen LogP contribution in [0.25, 0.3) is 11.0 Å². The molecule has 106 valence electrons. The number of allylic oxidation sites excluding steroid dienone is 1. The third-order valence-electron chi connectivity index (χ3n) is 3.67. The molecule has 0 fully saturated rings. The molecule has 0 bridgehead atoms. The van der Waals surface area contributed by atoms with Gasteiger partial charge in [-0.15, -0.1) is 11.7 Å². The maximum Gasteiger partial charge on any atom is 0.113 e. The normalized spacial score (nSPS) is 12.4. The van der Waals surface area contributed by atoms with Crippen molar-refractivity contribution < 1.29 is 0 Å². The molecule has 1 atom stereocenters. The topological polar surface area (TPSA) is 56.7 Å². The van der Waals surface area contributed by atoms with Gasteiger partial charge < -0.3 is 5.73 Å². The van der Waals surface area contributed by atoms with Crippen LogP contribution in [0.3, 0.4) is 0 Å². The standard InChI is InChI=1S/C17H18N4/c1-2-3-11-16(13-8-4-5-9-14(13)18)21-17-12-7-6-10-15(17)19-20-21/h2,4-10,12,16H,1,3,11,18H2. The van der Waals surface area contributed by atoms with Crippen LogP contribution in [0.5, 0.6) is 0 Å². The molecule has 0 radical (unpaired) electrons. The predicted octanol–water partition coefficient (Wildman–Crippen LogP) is 3.57. The quantitative estimate of drug-likeness (QED) is 0.573. The number of nitrogens with zero attached hydrogens (tertiary/aromatic N) is 3. The van der Waals surface area contributed by atoms with Gasteiger partial charge in [-0.05, 0) is 36.6 Å². The summed E-state index contributed by atoms with van der Waals surface area (Å²) in [7, 11) is 0. The molecule has 0 aliphatic heterocycles. The van der Waals surface area contributed by atoms with Crippen LogP contribution >= 0.6 is 0 Å². The van der Waals surface area contributed by atoms with Crippen LogP contribution in [0.4, 0.5) is 5.69 Å². The molecular formula is C17H18N4. The molecule has 3 rings (SSSR count). The van der Waals surface area contributed by atoms with Crippen molar-refractivity contribution in [3.05, 3.63) is 66.7 Å². The van der Waals surface area contributed by atoms with Crippen molar-refractivity contribution in [2.75, 3.05) is 5.73 Å². The number of benzene rings is 2. The van der Waals surface area contributed by atoms with Crippen molar-refractivity contribution in [3.63, 3.8) is 0 Å². The monoisotopic (exact) mass is 278 g/mol. The summed E-state index contributed by atoms with van der Waals surface area (Å²) in [5, 5.41) is 8.59. The summed E-state index contributed by atoms with van der Waals surface area (Å²) in [6.07, 6.45) is 3.71. The third-order valence-corrected chi connectivity index (χ3v) is 3.67. The molecule has 21 heavy (non-hydrogen) atoms. The van der Waals surface area contributed by atoms with Crippen LogP contribution in [-0.2, 0) is 0 Å². The minimum Gasteiger partial charge on any atom is -0.398 e. The SMILES string of the molecule is C=CCCC(c1ccccc1N)n1nnc2ccccc21. The lowest BCUT2D eigenvalue weighted by atomic mass is 10.00. The molecule has 0 saturated heterocycles. The maximum absolute atomic E-state index is 6.16. The Bertz CT molecular complexity index is 760. The van der Waals surface area contributed by atoms with E-state index in [2.05, 4.69) is 23.0 Å². The van der Waals surface area contributed by atoms with E-state index in [0.29, 0.717) is 0 Å². The molecule has 0 spiro atoms. The van der Waals surface area contributed by atoms with Gasteiger partial charge in [-0.1, -0.05) is 41.6 Å². The number of nitrogen functional groups attached to an aromatic ring is 1. The van der Waals surface area contributed by atoms with Gasteiger partial charge in [0.1, 0.15) is 5.52 Å². The van der Waals surface area contributed by atoms with Crippen LogP contribution < -0.4 is 5.73 Å². The van der Waals surface area contributed by atoms with Gasteiger partial charge in [-0.2, -0.15) is 0 Å². The average Bonchev–Trinajstić information content (AvgIpc) is 2.93. The summed E-state index contributed by atoms with van der Waals surface area (Å²) < 4.78 is 1.96. The molecule has 2 aromatic carbocycles. The zero-order chi connectivity index (χ0) is 14.7. The number of fused-ring (bicyclic) bond motifs is 1. The Balaban J connectivity index is 2.11. The Hall–Kier alpha value is -2.62. The van der Waals surface area contributed by atoms with Crippen molar-refractivity contribution in [2.24, 2.45) is 0 Å². The van der Waals surface area contributed by atoms with E-state index in [4.69, 9.17) is 5.73 Å². The highest BCUT2D eigenvalue weighted by Gasteiger charge is 2.19. The van der Waals surface area contributed by atoms with Crippen molar-refractivity contribution in [1.82, 2.24) is 15.0 Å². The van der Waals surface area contributed by atoms with Gasteiger partial charge in [-0.25, -0.2) is 4.68 Å². The van der Waals surface area contributed by atoms with E-state index in [9.17, 15) is 0 Å². The second-order valence-electron chi connectivity index (χ2n) is 5.03. The highest BCUT2D eigenvalue weighted by atomic mass is 15.4. The van der Waals surface area contributed by atoms with Gasteiger partial charge in [0.15, 0.2) is 0 Å². The second kappa shape index (κ2) is 5.79. The number of nitrogens with two attached hydrogens (primary N) is 1. The van der Waals surface area contributed by atoms with Gasteiger partial charge in [0.05, 0.1) is 11.6 Å². The fourth-order valence-corrected chi connectivity index (χ4v) is 2.62.